The molecule has 0 aromatic carbocycles. The molecule has 1 aliphatic heterocycles. The van der Waals surface area contributed by atoms with Crippen molar-refractivity contribution in [2.75, 3.05) is 13.1 Å². The second-order valence-electron chi connectivity index (χ2n) is 5.66. The van der Waals surface area contributed by atoms with E-state index in [4.69, 9.17) is 0 Å². The molecule has 1 aliphatic rings. The molecule has 0 atom stereocenters. The first kappa shape index (κ1) is 12.9. The van der Waals surface area contributed by atoms with Gasteiger partial charge in [0.25, 0.3) is 5.91 Å². The number of piperidine rings is 1. The molecule has 0 unspecified atom stereocenters. The smallest absolute Gasteiger partial charge is 0.272 e. The normalized spacial score (nSPS) is 18.2. The van der Waals surface area contributed by atoms with Gasteiger partial charge in [0.05, 0.1) is 0 Å². The minimum atomic E-state index is 0.0664. The monoisotopic (exact) mass is 273 g/mol. The first-order chi connectivity index (χ1) is 9.60. The number of carbonyl (C=O) groups is 1. The summed E-state index contributed by atoms with van der Waals surface area (Å²) in [7, 11) is 1.80. The molecule has 1 N–H and O–H groups in total. The molecular formula is C14H19N5O. The van der Waals surface area contributed by atoms with Gasteiger partial charge in [-0.15, -0.1) is 0 Å². The lowest BCUT2D eigenvalue weighted by atomic mass is 9.77. The minimum Gasteiger partial charge on any atom is -0.337 e. The van der Waals surface area contributed by atoms with Gasteiger partial charge in [0, 0.05) is 43.6 Å². The highest BCUT2D eigenvalue weighted by Crippen LogP contribution is 2.33. The van der Waals surface area contributed by atoms with Gasteiger partial charge >= 0.3 is 0 Å². The Morgan fingerprint density at radius 2 is 2.05 bits per heavy atom. The molecule has 2 aromatic rings. The van der Waals surface area contributed by atoms with Gasteiger partial charge < -0.3 is 4.90 Å². The Balaban J connectivity index is 1.70. The lowest BCUT2D eigenvalue weighted by Crippen LogP contribution is -2.44. The molecule has 0 bridgehead atoms. The summed E-state index contributed by atoms with van der Waals surface area (Å²) in [4.78, 5) is 14.3. The molecule has 0 radical (unpaired) electrons. The highest BCUT2D eigenvalue weighted by Gasteiger charge is 2.35. The van der Waals surface area contributed by atoms with Crippen LogP contribution in [0.4, 0.5) is 0 Å². The lowest BCUT2D eigenvalue weighted by Gasteiger charge is -2.38. The van der Waals surface area contributed by atoms with E-state index in [0.717, 1.165) is 31.6 Å². The van der Waals surface area contributed by atoms with Crippen molar-refractivity contribution in [1.29, 1.82) is 0 Å². The quantitative estimate of drug-likeness (QED) is 0.897. The molecule has 1 saturated heterocycles. The molecule has 20 heavy (non-hydrogen) atoms. The standard InChI is InChI=1S/C14H19N5O/c1-14(12-4-7-15-17-12)5-9-19(10-6-14)13(20)11-3-8-16-18(11)2/h3-4,7-8H,5-6,9-10H2,1-2H3,(H,15,17). The third kappa shape index (κ3) is 2.11. The van der Waals surface area contributed by atoms with Crippen LogP contribution >= 0.6 is 0 Å². The average Bonchev–Trinajstić information content (AvgIpc) is 3.10. The van der Waals surface area contributed by atoms with E-state index in [2.05, 4.69) is 22.2 Å². The molecule has 6 nitrogen and oxygen atoms in total. The van der Waals surface area contributed by atoms with Crippen LogP contribution < -0.4 is 0 Å². The fourth-order valence-corrected chi connectivity index (χ4v) is 2.81. The number of hydrogen-bond donors (Lipinski definition) is 1. The Bertz CT molecular complexity index is 593. The number of rotatable bonds is 2. The fraction of sp³-hybridized carbons (Fsp3) is 0.500. The van der Waals surface area contributed by atoms with E-state index in [-0.39, 0.29) is 11.3 Å². The van der Waals surface area contributed by atoms with E-state index >= 15 is 0 Å². The van der Waals surface area contributed by atoms with Gasteiger partial charge in [-0.25, -0.2) is 0 Å². The molecule has 0 saturated carbocycles. The van der Waals surface area contributed by atoms with Crippen molar-refractivity contribution in [2.45, 2.75) is 25.2 Å². The van der Waals surface area contributed by atoms with Crippen molar-refractivity contribution < 1.29 is 4.79 Å². The van der Waals surface area contributed by atoms with Crippen molar-refractivity contribution >= 4 is 5.91 Å². The number of nitrogens with zero attached hydrogens (tertiary/aromatic N) is 4. The summed E-state index contributed by atoms with van der Waals surface area (Å²) in [5, 5.41) is 11.2. The molecule has 106 valence electrons. The highest BCUT2D eigenvalue weighted by atomic mass is 16.2. The second-order valence-corrected chi connectivity index (χ2v) is 5.66. The second kappa shape index (κ2) is 4.77. The predicted octanol–water partition coefficient (Wildman–Crippen LogP) is 1.34. The number of carbonyl (C=O) groups excluding carboxylic acids is 1. The van der Waals surface area contributed by atoms with E-state index in [1.54, 1.807) is 30.2 Å². The third-order valence-electron chi connectivity index (χ3n) is 4.35. The number of likely N-dealkylation sites (tertiary alicyclic amines) is 1. The largest absolute Gasteiger partial charge is 0.337 e. The van der Waals surface area contributed by atoms with Crippen LogP contribution in [0.2, 0.25) is 0 Å². The molecule has 0 spiro atoms. The van der Waals surface area contributed by atoms with Crippen molar-refractivity contribution in [3.8, 4) is 0 Å². The van der Waals surface area contributed by atoms with Crippen LogP contribution in [0.25, 0.3) is 0 Å². The number of H-pyrrole nitrogens is 1. The maximum atomic E-state index is 12.4. The average molecular weight is 273 g/mol. The number of aromatic amines is 1. The van der Waals surface area contributed by atoms with Gasteiger partial charge in [-0.2, -0.15) is 10.2 Å². The van der Waals surface area contributed by atoms with Crippen LogP contribution in [0, 0.1) is 0 Å². The molecule has 3 heterocycles. The van der Waals surface area contributed by atoms with E-state index in [1.165, 1.54) is 0 Å². The Morgan fingerprint density at radius 3 is 2.60 bits per heavy atom. The summed E-state index contributed by atoms with van der Waals surface area (Å²) in [6.45, 7) is 3.76. The van der Waals surface area contributed by atoms with Crippen molar-refractivity contribution in [3.05, 3.63) is 35.9 Å². The van der Waals surface area contributed by atoms with Crippen molar-refractivity contribution in [3.63, 3.8) is 0 Å². The Kier molecular flexibility index (Phi) is 3.08. The summed E-state index contributed by atoms with van der Waals surface area (Å²) in [6.07, 6.45) is 5.33. The first-order valence-electron chi connectivity index (χ1n) is 6.87. The fourth-order valence-electron chi connectivity index (χ4n) is 2.81. The summed E-state index contributed by atoms with van der Waals surface area (Å²) >= 11 is 0. The summed E-state index contributed by atoms with van der Waals surface area (Å²) in [5.41, 5.74) is 1.89. The van der Waals surface area contributed by atoms with Gasteiger partial charge in [0.2, 0.25) is 0 Å². The number of aryl methyl sites for hydroxylation is 1. The zero-order valence-electron chi connectivity index (χ0n) is 11.8. The Hall–Kier alpha value is -2.11. The van der Waals surface area contributed by atoms with Crippen LogP contribution in [0.1, 0.15) is 35.9 Å². The molecule has 1 fully saturated rings. The first-order valence-corrected chi connectivity index (χ1v) is 6.87. The van der Waals surface area contributed by atoms with Crippen molar-refractivity contribution in [1.82, 2.24) is 24.9 Å². The zero-order valence-corrected chi connectivity index (χ0v) is 11.8. The van der Waals surface area contributed by atoms with Gasteiger partial charge in [-0.05, 0) is 25.0 Å². The van der Waals surface area contributed by atoms with E-state index in [0.29, 0.717) is 5.69 Å². The van der Waals surface area contributed by atoms with Gasteiger partial charge in [-0.1, -0.05) is 6.92 Å². The molecule has 3 rings (SSSR count). The summed E-state index contributed by atoms with van der Waals surface area (Å²) < 4.78 is 1.63. The Labute approximate surface area is 117 Å². The molecule has 1 amide bonds. The highest BCUT2D eigenvalue weighted by molar-refractivity contribution is 5.92. The zero-order chi connectivity index (χ0) is 14.2. The molecular weight excluding hydrogens is 254 g/mol. The summed E-state index contributed by atoms with van der Waals surface area (Å²) in [5.74, 6) is 0.0664. The van der Waals surface area contributed by atoms with E-state index < -0.39 is 0 Å². The Morgan fingerprint density at radius 1 is 1.30 bits per heavy atom. The maximum absolute atomic E-state index is 12.4. The van der Waals surface area contributed by atoms with Gasteiger partial charge in [0.1, 0.15) is 5.69 Å². The van der Waals surface area contributed by atoms with Gasteiger partial charge in [0.15, 0.2) is 0 Å². The van der Waals surface area contributed by atoms with Crippen molar-refractivity contribution in [2.24, 2.45) is 7.05 Å². The predicted molar refractivity (Wildman–Crippen MR) is 74.3 cm³/mol. The van der Waals surface area contributed by atoms with E-state index in [9.17, 15) is 4.79 Å². The number of nitrogens with one attached hydrogen (secondary N) is 1. The molecule has 2 aromatic heterocycles. The SMILES string of the molecule is Cn1nccc1C(=O)N1CCC(C)(c2ccn[nH]2)CC1. The maximum Gasteiger partial charge on any atom is 0.272 e. The van der Waals surface area contributed by atoms with Crippen LogP contribution in [0.5, 0.6) is 0 Å². The molecule has 6 heteroatoms. The number of amides is 1. The summed E-state index contributed by atoms with van der Waals surface area (Å²) in [6, 6.07) is 3.80. The number of hydrogen-bond acceptors (Lipinski definition) is 3. The minimum absolute atomic E-state index is 0.0664. The third-order valence-corrected chi connectivity index (χ3v) is 4.35. The topological polar surface area (TPSA) is 66.8 Å². The van der Waals surface area contributed by atoms with E-state index in [1.807, 2.05) is 11.0 Å². The number of aromatic nitrogens is 4. The van der Waals surface area contributed by atoms with Gasteiger partial charge in [-0.3, -0.25) is 14.6 Å². The molecule has 0 aliphatic carbocycles. The van der Waals surface area contributed by atoms with Crippen LogP contribution in [0.15, 0.2) is 24.5 Å². The van der Waals surface area contributed by atoms with Crippen LogP contribution in [0.3, 0.4) is 0 Å². The lowest BCUT2D eigenvalue weighted by molar-refractivity contribution is 0.0662. The van der Waals surface area contributed by atoms with Crippen LogP contribution in [-0.2, 0) is 12.5 Å². The van der Waals surface area contributed by atoms with Crippen LogP contribution in [-0.4, -0.2) is 43.9 Å².